The Labute approximate surface area is 192 Å². The normalized spacial score (nSPS) is 10.5. The number of aromatic nitrogens is 1. The number of amides is 2. The van der Waals surface area contributed by atoms with Crippen molar-refractivity contribution < 1.29 is 18.4 Å². The standard InChI is InChI=1S/C24H16F2N4O2S/c25-18-11-10-15(12-19(18)26)22(31)28-24(33)30-29-23(32)17-13-21(14-6-2-1-3-7-14)27-20-9-5-4-8-16(17)20/h1-13H,(H,29,32)(H2,28,30,31,33). The van der Waals surface area contributed by atoms with Crippen LogP contribution in [0.5, 0.6) is 0 Å². The number of nitrogens with zero attached hydrogens (tertiary/aromatic N) is 1. The predicted octanol–water partition coefficient (Wildman–Crippen LogP) is 4.13. The van der Waals surface area contributed by atoms with Crippen LogP contribution in [0.2, 0.25) is 0 Å². The first-order valence-corrected chi connectivity index (χ1v) is 10.1. The van der Waals surface area contributed by atoms with Crippen LogP contribution >= 0.6 is 12.2 Å². The average Bonchev–Trinajstić information content (AvgIpc) is 2.84. The molecule has 3 aromatic carbocycles. The molecule has 6 nitrogen and oxygen atoms in total. The van der Waals surface area contributed by atoms with E-state index in [-0.39, 0.29) is 10.7 Å². The lowest BCUT2D eigenvalue weighted by Gasteiger charge is -2.13. The van der Waals surface area contributed by atoms with Gasteiger partial charge >= 0.3 is 0 Å². The Hall–Kier alpha value is -4.24. The van der Waals surface area contributed by atoms with Crippen molar-refractivity contribution in [2.45, 2.75) is 0 Å². The van der Waals surface area contributed by atoms with Crippen LogP contribution in [0.1, 0.15) is 20.7 Å². The van der Waals surface area contributed by atoms with Crippen molar-refractivity contribution in [2.75, 3.05) is 0 Å². The molecule has 0 spiro atoms. The first kappa shape index (κ1) is 22.0. The van der Waals surface area contributed by atoms with E-state index >= 15 is 0 Å². The number of halogens is 2. The number of para-hydroxylation sites is 1. The Balaban J connectivity index is 1.50. The first-order valence-electron chi connectivity index (χ1n) is 9.74. The van der Waals surface area contributed by atoms with Gasteiger partial charge in [-0.3, -0.25) is 25.8 Å². The van der Waals surface area contributed by atoms with E-state index in [0.29, 0.717) is 22.2 Å². The summed E-state index contributed by atoms with van der Waals surface area (Å²) in [7, 11) is 0. The molecular formula is C24H16F2N4O2S. The molecule has 0 aliphatic carbocycles. The average molecular weight is 462 g/mol. The highest BCUT2D eigenvalue weighted by Gasteiger charge is 2.15. The highest BCUT2D eigenvalue weighted by molar-refractivity contribution is 7.80. The summed E-state index contributed by atoms with van der Waals surface area (Å²) in [5, 5.41) is 2.70. The molecule has 9 heteroatoms. The molecule has 1 heterocycles. The summed E-state index contributed by atoms with van der Waals surface area (Å²) in [5.41, 5.74) is 7.21. The van der Waals surface area contributed by atoms with E-state index in [0.717, 1.165) is 23.8 Å². The molecule has 33 heavy (non-hydrogen) atoms. The topological polar surface area (TPSA) is 83.1 Å². The Morgan fingerprint density at radius 3 is 2.27 bits per heavy atom. The largest absolute Gasteiger partial charge is 0.298 e. The molecule has 0 radical (unpaired) electrons. The second kappa shape index (κ2) is 9.49. The van der Waals surface area contributed by atoms with Crippen LogP contribution in [0.4, 0.5) is 8.78 Å². The van der Waals surface area contributed by atoms with Gasteiger partial charge in [-0.15, -0.1) is 0 Å². The van der Waals surface area contributed by atoms with E-state index < -0.39 is 23.4 Å². The summed E-state index contributed by atoms with van der Waals surface area (Å²) in [4.78, 5) is 29.7. The van der Waals surface area contributed by atoms with Gasteiger partial charge in [-0.25, -0.2) is 13.8 Å². The van der Waals surface area contributed by atoms with Crippen LogP contribution in [0.25, 0.3) is 22.2 Å². The molecular weight excluding hydrogens is 446 g/mol. The van der Waals surface area contributed by atoms with Crippen molar-refractivity contribution in [3.05, 3.63) is 102 Å². The molecule has 0 aliphatic heterocycles. The summed E-state index contributed by atoms with van der Waals surface area (Å²) >= 11 is 5.02. The van der Waals surface area contributed by atoms with Crippen molar-refractivity contribution in [3.63, 3.8) is 0 Å². The fourth-order valence-corrected chi connectivity index (χ4v) is 3.29. The number of benzene rings is 3. The molecule has 3 N–H and O–H groups in total. The zero-order valence-corrected chi connectivity index (χ0v) is 17.7. The zero-order chi connectivity index (χ0) is 23.4. The Kier molecular flexibility index (Phi) is 6.32. The molecule has 0 unspecified atom stereocenters. The summed E-state index contributed by atoms with van der Waals surface area (Å²) in [5.74, 6) is -3.50. The number of thiocarbonyl (C=S) groups is 1. The molecule has 4 aromatic rings. The maximum Gasteiger partial charge on any atom is 0.270 e. The summed E-state index contributed by atoms with van der Waals surface area (Å²) in [6.45, 7) is 0. The smallest absolute Gasteiger partial charge is 0.270 e. The van der Waals surface area contributed by atoms with Crippen molar-refractivity contribution in [3.8, 4) is 11.3 Å². The van der Waals surface area contributed by atoms with Crippen molar-refractivity contribution in [1.29, 1.82) is 0 Å². The number of carbonyl (C=O) groups is 2. The first-order chi connectivity index (χ1) is 15.9. The van der Waals surface area contributed by atoms with Crippen LogP contribution in [0.3, 0.4) is 0 Å². The molecule has 0 saturated heterocycles. The molecule has 0 atom stereocenters. The van der Waals surface area contributed by atoms with Gasteiger partial charge in [0.05, 0.1) is 16.8 Å². The van der Waals surface area contributed by atoms with Gasteiger partial charge in [0.15, 0.2) is 16.7 Å². The lowest BCUT2D eigenvalue weighted by Crippen LogP contribution is -2.48. The van der Waals surface area contributed by atoms with Crippen LogP contribution in [-0.2, 0) is 0 Å². The summed E-state index contributed by atoms with van der Waals surface area (Å²) in [6, 6.07) is 21.0. The number of carbonyl (C=O) groups excluding carboxylic acids is 2. The molecule has 4 rings (SSSR count). The van der Waals surface area contributed by atoms with E-state index in [1.54, 1.807) is 24.3 Å². The van der Waals surface area contributed by atoms with Gasteiger partial charge in [0.25, 0.3) is 11.8 Å². The number of nitrogens with one attached hydrogen (secondary N) is 3. The third kappa shape index (κ3) is 4.99. The molecule has 0 saturated carbocycles. The fraction of sp³-hybridized carbons (Fsp3) is 0. The van der Waals surface area contributed by atoms with Gasteiger partial charge in [-0.2, -0.15) is 0 Å². The summed E-state index contributed by atoms with van der Waals surface area (Å²) in [6.07, 6.45) is 0. The Morgan fingerprint density at radius 2 is 1.52 bits per heavy atom. The molecule has 0 bridgehead atoms. The summed E-state index contributed by atoms with van der Waals surface area (Å²) < 4.78 is 26.4. The number of fused-ring (bicyclic) bond motifs is 1. The van der Waals surface area contributed by atoms with Gasteiger partial charge in [0.1, 0.15) is 0 Å². The fourth-order valence-electron chi connectivity index (χ4n) is 3.14. The number of hydrogen-bond donors (Lipinski definition) is 3. The number of rotatable bonds is 3. The maximum absolute atomic E-state index is 13.3. The number of hydrogen-bond acceptors (Lipinski definition) is 4. The molecule has 0 aliphatic rings. The quantitative estimate of drug-likeness (QED) is 0.315. The van der Waals surface area contributed by atoms with Crippen molar-refractivity contribution in [1.82, 2.24) is 21.2 Å². The Bertz CT molecular complexity index is 1380. The monoisotopic (exact) mass is 462 g/mol. The van der Waals surface area contributed by atoms with Gasteiger partial charge < -0.3 is 0 Å². The molecule has 164 valence electrons. The molecule has 1 aromatic heterocycles. The van der Waals surface area contributed by atoms with Gasteiger partial charge in [-0.1, -0.05) is 48.5 Å². The minimum Gasteiger partial charge on any atom is -0.298 e. The van der Waals surface area contributed by atoms with Crippen LogP contribution in [0, 0.1) is 11.6 Å². The van der Waals surface area contributed by atoms with Gasteiger partial charge in [-0.05, 0) is 42.5 Å². The Morgan fingerprint density at radius 1 is 0.788 bits per heavy atom. The molecule has 0 fully saturated rings. The predicted molar refractivity (Wildman–Crippen MR) is 124 cm³/mol. The maximum atomic E-state index is 13.3. The van der Waals surface area contributed by atoms with E-state index in [1.807, 2.05) is 36.4 Å². The van der Waals surface area contributed by atoms with Crippen LogP contribution < -0.4 is 16.2 Å². The van der Waals surface area contributed by atoms with Crippen molar-refractivity contribution >= 4 is 40.0 Å². The third-order valence-corrected chi connectivity index (χ3v) is 4.93. The minimum absolute atomic E-state index is 0.128. The minimum atomic E-state index is -1.16. The number of hydrazine groups is 1. The zero-order valence-electron chi connectivity index (χ0n) is 16.9. The van der Waals surface area contributed by atoms with E-state index in [9.17, 15) is 18.4 Å². The highest BCUT2D eigenvalue weighted by atomic mass is 32.1. The third-order valence-electron chi connectivity index (χ3n) is 4.73. The van der Waals surface area contributed by atoms with Gasteiger partial charge in [0.2, 0.25) is 0 Å². The SMILES string of the molecule is O=C(NC(=S)NNC(=O)c1cc(-c2ccccc2)nc2ccccc12)c1ccc(F)c(F)c1. The molecule has 2 amide bonds. The lowest BCUT2D eigenvalue weighted by atomic mass is 10.0. The van der Waals surface area contributed by atoms with Gasteiger partial charge in [0, 0.05) is 16.5 Å². The van der Waals surface area contributed by atoms with Crippen molar-refractivity contribution in [2.24, 2.45) is 0 Å². The van der Waals surface area contributed by atoms with E-state index in [1.165, 1.54) is 0 Å². The number of pyridine rings is 1. The van der Waals surface area contributed by atoms with Crippen LogP contribution in [0.15, 0.2) is 78.9 Å². The second-order valence-corrected chi connectivity index (χ2v) is 7.34. The highest BCUT2D eigenvalue weighted by Crippen LogP contribution is 2.24. The lowest BCUT2D eigenvalue weighted by molar-refractivity contribution is 0.0936. The van der Waals surface area contributed by atoms with E-state index in [2.05, 4.69) is 21.2 Å². The second-order valence-electron chi connectivity index (χ2n) is 6.93. The van der Waals surface area contributed by atoms with E-state index in [4.69, 9.17) is 12.2 Å². The van der Waals surface area contributed by atoms with Crippen LogP contribution in [-0.4, -0.2) is 21.9 Å².